The van der Waals surface area contributed by atoms with Crippen molar-refractivity contribution < 1.29 is 9.90 Å². The smallest absolute Gasteiger partial charge is 0.320 e. The van der Waals surface area contributed by atoms with Crippen molar-refractivity contribution in [3.8, 4) is 0 Å². The molecule has 0 amide bonds. The number of carboxylic acids is 1. The molecule has 0 aliphatic heterocycles. The molecule has 0 rings (SSSR count). The standard InChI is InChI=1S/C7H14N4O2/c8-5(6(12)13)3-1-2-4-11-7(9)10/h1-2,5H,3-4,8H2,(H,12,13)(H4,9,10,11)/b2-1+. The van der Waals surface area contributed by atoms with Crippen LogP contribution in [-0.4, -0.2) is 29.6 Å². The van der Waals surface area contributed by atoms with Crippen LogP contribution in [0.3, 0.4) is 0 Å². The van der Waals surface area contributed by atoms with Crippen molar-refractivity contribution in [3.05, 3.63) is 12.2 Å². The fraction of sp³-hybridized carbons (Fsp3) is 0.429. The fourth-order valence-corrected chi connectivity index (χ4v) is 0.576. The van der Waals surface area contributed by atoms with E-state index in [4.69, 9.17) is 22.3 Å². The maximum Gasteiger partial charge on any atom is 0.320 e. The van der Waals surface area contributed by atoms with Gasteiger partial charge in [0.05, 0.1) is 6.54 Å². The molecule has 0 saturated carbocycles. The molecule has 0 saturated heterocycles. The number of hydrogen-bond acceptors (Lipinski definition) is 3. The van der Waals surface area contributed by atoms with Crippen molar-refractivity contribution in [2.24, 2.45) is 22.2 Å². The molecule has 13 heavy (non-hydrogen) atoms. The van der Waals surface area contributed by atoms with E-state index in [-0.39, 0.29) is 12.4 Å². The van der Waals surface area contributed by atoms with Gasteiger partial charge in [-0.2, -0.15) is 0 Å². The van der Waals surface area contributed by atoms with E-state index in [1.54, 1.807) is 12.2 Å². The Morgan fingerprint density at radius 1 is 1.46 bits per heavy atom. The van der Waals surface area contributed by atoms with Gasteiger partial charge in [-0.1, -0.05) is 12.2 Å². The van der Waals surface area contributed by atoms with Gasteiger partial charge in [0.25, 0.3) is 0 Å². The van der Waals surface area contributed by atoms with E-state index in [0.717, 1.165) is 0 Å². The van der Waals surface area contributed by atoms with Crippen molar-refractivity contribution in [1.29, 1.82) is 0 Å². The Morgan fingerprint density at radius 2 is 2.08 bits per heavy atom. The highest BCUT2D eigenvalue weighted by atomic mass is 16.4. The van der Waals surface area contributed by atoms with Crippen molar-refractivity contribution in [3.63, 3.8) is 0 Å². The predicted molar refractivity (Wildman–Crippen MR) is 50.0 cm³/mol. The molecule has 74 valence electrons. The van der Waals surface area contributed by atoms with E-state index in [1.807, 2.05) is 0 Å². The van der Waals surface area contributed by atoms with Gasteiger partial charge in [-0.25, -0.2) is 4.99 Å². The van der Waals surface area contributed by atoms with Gasteiger partial charge in [0, 0.05) is 0 Å². The van der Waals surface area contributed by atoms with Crippen LogP contribution in [-0.2, 0) is 4.79 Å². The molecule has 0 aromatic heterocycles. The second-order valence-electron chi connectivity index (χ2n) is 2.42. The molecule has 7 N–H and O–H groups in total. The summed E-state index contributed by atoms with van der Waals surface area (Å²) in [6.45, 7) is 0.342. The van der Waals surface area contributed by atoms with Gasteiger partial charge in [-0.3, -0.25) is 4.79 Å². The Morgan fingerprint density at radius 3 is 2.54 bits per heavy atom. The molecule has 0 heterocycles. The molecular formula is C7H14N4O2. The van der Waals surface area contributed by atoms with E-state index in [2.05, 4.69) is 4.99 Å². The van der Waals surface area contributed by atoms with E-state index in [0.29, 0.717) is 6.54 Å². The number of nitrogens with two attached hydrogens (primary N) is 3. The normalized spacial score (nSPS) is 12.7. The summed E-state index contributed by atoms with van der Waals surface area (Å²) in [5, 5.41) is 8.40. The van der Waals surface area contributed by atoms with Gasteiger partial charge in [0.2, 0.25) is 0 Å². The number of carboxylic acid groups (broad SMARTS) is 1. The Kier molecular flexibility index (Phi) is 5.29. The monoisotopic (exact) mass is 186 g/mol. The maximum atomic E-state index is 10.2. The summed E-state index contributed by atoms with van der Waals surface area (Å²) in [6.07, 6.45) is 3.56. The molecule has 6 nitrogen and oxygen atoms in total. The molecular weight excluding hydrogens is 172 g/mol. The number of hydrogen-bond donors (Lipinski definition) is 4. The Labute approximate surface area is 76.1 Å². The molecule has 0 aliphatic carbocycles. The van der Waals surface area contributed by atoms with Crippen molar-refractivity contribution in [2.75, 3.05) is 6.54 Å². The summed E-state index contributed by atoms with van der Waals surface area (Å²) >= 11 is 0. The lowest BCUT2D eigenvalue weighted by molar-refractivity contribution is -0.138. The highest BCUT2D eigenvalue weighted by Gasteiger charge is 2.07. The summed E-state index contributed by atoms with van der Waals surface area (Å²) < 4.78 is 0. The largest absolute Gasteiger partial charge is 0.480 e. The van der Waals surface area contributed by atoms with E-state index in [1.165, 1.54) is 0 Å². The molecule has 0 aromatic carbocycles. The molecule has 0 aliphatic rings. The van der Waals surface area contributed by atoms with Crippen LogP contribution in [0.4, 0.5) is 0 Å². The van der Waals surface area contributed by atoms with Crippen LogP contribution in [0.15, 0.2) is 17.1 Å². The third-order valence-corrected chi connectivity index (χ3v) is 1.25. The molecule has 0 radical (unpaired) electrons. The van der Waals surface area contributed by atoms with Crippen molar-refractivity contribution in [2.45, 2.75) is 12.5 Å². The third kappa shape index (κ3) is 6.82. The quantitative estimate of drug-likeness (QED) is 0.239. The number of guanidine groups is 1. The minimum Gasteiger partial charge on any atom is -0.480 e. The lowest BCUT2D eigenvalue weighted by atomic mass is 10.2. The van der Waals surface area contributed by atoms with Crippen molar-refractivity contribution in [1.82, 2.24) is 0 Å². The lowest BCUT2D eigenvalue weighted by Crippen LogP contribution is -2.29. The van der Waals surface area contributed by atoms with E-state index in [9.17, 15) is 4.79 Å². The third-order valence-electron chi connectivity index (χ3n) is 1.25. The average molecular weight is 186 g/mol. The molecule has 1 atom stereocenters. The highest BCUT2D eigenvalue weighted by molar-refractivity contribution is 5.75. The molecule has 0 aromatic rings. The molecule has 0 fully saturated rings. The minimum absolute atomic E-state index is 0.00665. The van der Waals surface area contributed by atoms with Gasteiger partial charge in [-0.15, -0.1) is 0 Å². The molecule has 0 bridgehead atoms. The van der Waals surface area contributed by atoms with Crippen LogP contribution in [0.5, 0.6) is 0 Å². The van der Waals surface area contributed by atoms with Gasteiger partial charge in [0.1, 0.15) is 6.04 Å². The second-order valence-corrected chi connectivity index (χ2v) is 2.42. The van der Waals surface area contributed by atoms with Crippen molar-refractivity contribution >= 4 is 11.9 Å². The average Bonchev–Trinajstić information content (AvgIpc) is 2.02. The molecule has 0 spiro atoms. The summed E-state index contributed by atoms with van der Waals surface area (Å²) in [5.74, 6) is -1.02. The predicted octanol–water partition coefficient (Wildman–Crippen LogP) is -1.38. The second kappa shape index (κ2) is 6.01. The lowest BCUT2D eigenvalue weighted by Gasteiger charge is -1.99. The van der Waals surface area contributed by atoms with Crippen LogP contribution < -0.4 is 17.2 Å². The zero-order valence-electron chi connectivity index (χ0n) is 7.18. The van der Waals surface area contributed by atoms with Crippen LogP contribution in [0, 0.1) is 0 Å². The van der Waals surface area contributed by atoms with E-state index < -0.39 is 12.0 Å². The maximum absolute atomic E-state index is 10.2. The number of carbonyl (C=O) groups is 1. The van der Waals surface area contributed by atoms with Crippen LogP contribution in [0.25, 0.3) is 0 Å². The number of aliphatic carboxylic acids is 1. The first kappa shape index (κ1) is 11.4. The summed E-state index contributed by atoms with van der Waals surface area (Å²) in [6, 6.07) is -0.865. The van der Waals surface area contributed by atoms with Gasteiger partial charge in [0.15, 0.2) is 5.96 Å². The topological polar surface area (TPSA) is 128 Å². The zero-order chi connectivity index (χ0) is 10.3. The van der Waals surface area contributed by atoms with Crippen LogP contribution >= 0.6 is 0 Å². The first-order valence-electron chi connectivity index (χ1n) is 3.73. The Balaban J connectivity index is 3.64. The highest BCUT2D eigenvalue weighted by Crippen LogP contribution is 1.90. The Bertz CT molecular complexity index is 221. The Hall–Kier alpha value is -1.56. The molecule has 6 heteroatoms. The van der Waals surface area contributed by atoms with Gasteiger partial charge >= 0.3 is 5.97 Å². The summed E-state index contributed by atoms with van der Waals surface area (Å²) in [7, 11) is 0. The van der Waals surface area contributed by atoms with Gasteiger partial charge < -0.3 is 22.3 Å². The number of nitrogens with zero attached hydrogens (tertiary/aromatic N) is 1. The number of rotatable bonds is 5. The van der Waals surface area contributed by atoms with E-state index >= 15 is 0 Å². The number of aliphatic imine (C=N–C) groups is 1. The SMILES string of the molecule is NC(N)=NC/C=C/CC(N)C(=O)O. The summed E-state index contributed by atoms with van der Waals surface area (Å²) in [4.78, 5) is 13.9. The van der Waals surface area contributed by atoms with Crippen LogP contribution in [0.2, 0.25) is 0 Å². The van der Waals surface area contributed by atoms with Gasteiger partial charge in [-0.05, 0) is 6.42 Å². The minimum atomic E-state index is -1.02. The fourth-order valence-electron chi connectivity index (χ4n) is 0.576. The summed E-state index contributed by atoms with van der Waals surface area (Å²) in [5.41, 5.74) is 15.3. The van der Waals surface area contributed by atoms with Crippen LogP contribution in [0.1, 0.15) is 6.42 Å². The first-order chi connectivity index (χ1) is 6.04. The first-order valence-corrected chi connectivity index (χ1v) is 3.73. The zero-order valence-corrected chi connectivity index (χ0v) is 7.18. The molecule has 1 unspecified atom stereocenters.